The van der Waals surface area contributed by atoms with Crippen LogP contribution in [-0.4, -0.2) is 26.0 Å². The number of carboxylic acid groups (broad SMARTS) is 1. The highest BCUT2D eigenvalue weighted by Crippen LogP contribution is 2.28. The molecule has 2 aromatic rings. The molecule has 2 rings (SSSR count). The molecule has 0 aliphatic rings. The first-order valence-electron chi connectivity index (χ1n) is 7.79. The Morgan fingerprint density at radius 2 is 1.76 bits per heavy atom. The third-order valence-electron chi connectivity index (χ3n) is 3.77. The molecule has 0 fully saturated rings. The lowest BCUT2D eigenvalue weighted by Crippen LogP contribution is -2.33. The summed E-state index contributed by atoms with van der Waals surface area (Å²) in [6, 6.07) is 11.9. The Kier molecular flexibility index (Phi) is 6.24. The van der Waals surface area contributed by atoms with Crippen molar-refractivity contribution in [2.75, 3.05) is 10.8 Å². The van der Waals surface area contributed by atoms with Gasteiger partial charge in [-0.3, -0.25) is 9.10 Å². The molecule has 7 heteroatoms. The van der Waals surface area contributed by atoms with Crippen LogP contribution in [0.3, 0.4) is 0 Å². The summed E-state index contributed by atoms with van der Waals surface area (Å²) < 4.78 is 28.3. The van der Waals surface area contributed by atoms with Gasteiger partial charge in [0.2, 0.25) is 0 Å². The van der Waals surface area contributed by atoms with Gasteiger partial charge in [0, 0.05) is 17.4 Å². The fourth-order valence-electron chi connectivity index (χ4n) is 2.56. The summed E-state index contributed by atoms with van der Waals surface area (Å²) in [5.41, 5.74) is 2.43. The highest BCUT2D eigenvalue weighted by atomic mass is 79.9. The SMILES string of the molecule is Cc1ccc(N(CCCC(=O)O)S(=O)(=O)c2ccc(Br)cc2)c(C)c1. The van der Waals surface area contributed by atoms with E-state index in [9.17, 15) is 13.2 Å². The minimum absolute atomic E-state index is 0.0860. The Balaban J connectivity index is 2.45. The molecule has 0 aromatic heterocycles. The number of benzene rings is 2. The zero-order valence-electron chi connectivity index (χ0n) is 14.1. The normalized spacial score (nSPS) is 11.3. The van der Waals surface area contributed by atoms with Gasteiger partial charge in [-0.2, -0.15) is 0 Å². The van der Waals surface area contributed by atoms with E-state index in [2.05, 4.69) is 15.9 Å². The van der Waals surface area contributed by atoms with E-state index in [0.29, 0.717) is 5.69 Å². The van der Waals surface area contributed by atoms with Gasteiger partial charge in [0.15, 0.2) is 0 Å². The third kappa shape index (κ3) is 4.83. The molecule has 1 N–H and O–H groups in total. The number of hydrogen-bond donors (Lipinski definition) is 1. The molecule has 0 heterocycles. The maximum Gasteiger partial charge on any atom is 0.303 e. The molecule has 0 aliphatic heterocycles. The lowest BCUT2D eigenvalue weighted by Gasteiger charge is -2.26. The number of halogens is 1. The van der Waals surface area contributed by atoms with Crippen LogP contribution in [0.25, 0.3) is 0 Å². The first-order valence-corrected chi connectivity index (χ1v) is 10.0. The predicted octanol–water partition coefficient (Wildman–Crippen LogP) is 4.13. The largest absolute Gasteiger partial charge is 0.481 e. The first kappa shape index (κ1) is 19.5. The average Bonchev–Trinajstić information content (AvgIpc) is 2.52. The number of carboxylic acids is 1. The van der Waals surface area contributed by atoms with E-state index >= 15 is 0 Å². The summed E-state index contributed by atoms with van der Waals surface area (Å²) in [6.07, 6.45) is 0.148. The van der Waals surface area contributed by atoms with Crippen LogP contribution < -0.4 is 4.31 Å². The van der Waals surface area contributed by atoms with E-state index < -0.39 is 16.0 Å². The third-order valence-corrected chi connectivity index (χ3v) is 6.13. The number of rotatable bonds is 7. The Morgan fingerprint density at radius 1 is 1.12 bits per heavy atom. The molecule has 134 valence electrons. The van der Waals surface area contributed by atoms with Crippen molar-refractivity contribution >= 4 is 37.6 Å². The Hall–Kier alpha value is -1.86. The summed E-state index contributed by atoms with van der Waals surface area (Å²) in [6.45, 7) is 3.90. The quantitative estimate of drug-likeness (QED) is 0.723. The number of aliphatic carboxylic acids is 1. The lowest BCUT2D eigenvalue weighted by molar-refractivity contribution is -0.137. The first-order chi connectivity index (χ1) is 11.7. The number of sulfonamides is 1. The lowest BCUT2D eigenvalue weighted by atomic mass is 10.1. The van der Waals surface area contributed by atoms with Gasteiger partial charge in [-0.1, -0.05) is 33.6 Å². The van der Waals surface area contributed by atoms with Gasteiger partial charge in [-0.05, 0) is 56.2 Å². The summed E-state index contributed by atoms with van der Waals surface area (Å²) >= 11 is 3.30. The molecule has 0 atom stereocenters. The van der Waals surface area contributed by atoms with Gasteiger partial charge < -0.3 is 5.11 Å². The second kappa shape index (κ2) is 8.01. The molecule has 0 unspecified atom stereocenters. The summed E-state index contributed by atoms with van der Waals surface area (Å²) in [5, 5.41) is 8.87. The van der Waals surface area contributed by atoms with Crippen molar-refractivity contribution in [3.63, 3.8) is 0 Å². The Morgan fingerprint density at radius 3 is 2.32 bits per heavy atom. The fraction of sp³-hybridized carbons (Fsp3) is 0.278. The molecule has 0 spiro atoms. The monoisotopic (exact) mass is 425 g/mol. The maximum atomic E-state index is 13.1. The van der Waals surface area contributed by atoms with Crippen molar-refractivity contribution < 1.29 is 18.3 Å². The van der Waals surface area contributed by atoms with Crippen LogP contribution in [-0.2, 0) is 14.8 Å². The Labute approximate surface area is 156 Å². The van der Waals surface area contributed by atoms with Gasteiger partial charge in [-0.15, -0.1) is 0 Å². The summed E-state index contributed by atoms with van der Waals surface area (Å²) in [5.74, 6) is -0.943. The molecule has 5 nitrogen and oxygen atoms in total. The van der Waals surface area contributed by atoms with E-state index in [1.54, 1.807) is 18.2 Å². The molecule has 25 heavy (non-hydrogen) atoms. The molecule has 0 amide bonds. The highest BCUT2D eigenvalue weighted by Gasteiger charge is 2.26. The average molecular weight is 426 g/mol. The summed E-state index contributed by atoms with van der Waals surface area (Å²) in [7, 11) is -3.78. The minimum Gasteiger partial charge on any atom is -0.481 e. The molecule has 0 aliphatic carbocycles. The molecular formula is C18H20BrNO4S. The predicted molar refractivity (Wildman–Crippen MR) is 101 cm³/mol. The van der Waals surface area contributed by atoms with Crippen LogP contribution in [0.15, 0.2) is 51.8 Å². The van der Waals surface area contributed by atoms with E-state index in [4.69, 9.17) is 5.11 Å². The van der Waals surface area contributed by atoms with E-state index in [-0.39, 0.29) is 24.3 Å². The fourth-order valence-corrected chi connectivity index (χ4v) is 4.40. The van der Waals surface area contributed by atoms with Crippen molar-refractivity contribution in [1.82, 2.24) is 0 Å². The van der Waals surface area contributed by atoms with Crippen LogP contribution in [0.5, 0.6) is 0 Å². The number of nitrogens with zero attached hydrogens (tertiary/aromatic N) is 1. The van der Waals surface area contributed by atoms with E-state index in [0.717, 1.165) is 15.6 Å². The number of hydrogen-bond acceptors (Lipinski definition) is 3. The minimum atomic E-state index is -3.78. The molecule has 0 saturated heterocycles. The number of anilines is 1. The van der Waals surface area contributed by atoms with Gasteiger partial charge in [0.1, 0.15) is 0 Å². The standard InChI is InChI=1S/C18H20BrNO4S/c1-13-5-10-17(14(2)12-13)20(11-3-4-18(21)22)25(23,24)16-8-6-15(19)7-9-16/h5-10,12H,3-4,11H2,1-2H3,(H,21,22). The Bertz CT molecular complexity index is 863. The van der Waals surface area contributed by atoms with Gasteiger partial charge in [-0.25, -0.2) is 8.42 Å². The smallest absolute Gasteiger partial charge is 0.303 e. The van der Waals surface area contributed by atoms with Crippen molar-refractivity contribution in [1.29, 1.82) is 0 Å². The molecule has 0 radical (unpaired) electrons. The van der Waals surface area contributed by atoms with Crippen molar-refractivity contribution in [3.05, 3.63) is 58.1 Å². The van der Waals surface area contributed by atoms with E-state index in [1.807, 2.05) is 26.0 Å². The molecule has 2 aromatic carbocycles. The van der Waals surface area contributed by atoms with E-state index in [1.165, 1.54) is 16.4 Å². The number of carbonyl (C=O) groups is 1. The highest BCUT2D eigenvalue weighted by molar-refractivity contribution is 9.10. The van der Waals surface area contributed by atoms with Crippen LogP contribution in [0, 0.1) is 13.8 Å². The number of aryl methyl sites for hydroxylation is 2. The summed E-state index contributed by atoms with van der Waals surface area (Å²) in [4.78, 5) is 11.0. The van der Waals surface area contributed by atoms with Crippen LogP contribution >= 0.6 is 15.9 Å². The maximum absolute atomic E-state index is 13.1. The van der Waals surface area contributed by atoms with Gasteiger partial charge in [0.05, 0.1) is 10.6 Å². The van der Waals surface area contributed by atoms with Crippen LogP contribution in [0.2, 0.25) is 0 Å². The van der Waals surface area contributed by atoms with Crippen molar-refractivity contribution in [3.8, 4) is 0 Å². The second-order valence-electron chi connectivity index (χ2n) is 5.82. The van der Waals surface area contributed by atoms with Crippen LogP contribution in [0.4, 0.5) is 5.69 Å². The van der Waals surface area contributed by atoms with Crippen molar-refractivity contribution in [2.24, 2.45) is 0 Å². The zero-order valence-corrected chi connectivity index (χ0v) is 16.5. The van der Waals surface area contributed by atoms with Crippen LogP contribution in [0.1, 0.15) is 24.0 Å². The molecule has 0 bridgehead atoms. The topological polar surface area (TPSA) is 74.7 Å². The van der Waals surface area contributed by atoms with Gasteiger partial charge >= 0.3 is 5.97 Å². The molecular weight excluding hydrogens is 406 g/mol. The van der Waals surface area contributed by atoms with Crippen molar-refractivity contribution in [2.45, 2.75) is 31.6 Å². The zero-order chi connectivity index (χ0) is 18.6. The molecule has 0 saturated carbocycles. The van der Waals surface area contributed by atoms with Gasteiger partial charge in [0.25, 0.3) is 10.0 Å². The second-order valence-corrected chi connectivity index (χ2v) is 8.60.